The van der Waals surface area contributed by atoms with Crippen LogP contribution in [0.1, 0.15) is 29.8 Å². The third-order valence-electron chi connectivity index (χ3n) is 4.06. The van der Waals surface area contributed by atoms with Crippen LogP contribution in [0.25, 0.3) is 0 Å². The Morgan fingerprint density at radius 3 is 2.32 bits per heavy atom. The zero-order valence-electron chi connectivity index (χ0n) is 15.8. The van der Waals surface area contributed by atoms with Crippen LogP contribution in [-0.4, -0.2) is 40.3 Å². The van der Waals surface area contributed by atoms with E-state index in [4.69, 9.17) is 4.74 Å². The number of Topliss-reactive ketones (excluding diaryl/α,β-unsaturated/α-hetero) is 1. The van der Waals surface area contributed by atoms with Gasteiger partial charge in [0.25, 0.3) is 5.91 Å². The third-order valence-corrected chi connectivity index (χ3v) is 5.43. The second kappa shape index (κ2) is 10.5. The first-order valence-electron chi connectivity index (χ1n) is 8.90. The molecule has 0 aromatic heterocycles. The van der Waals surface area contributed by atoms with E-state index >= 15 is 0 Å². The number of benzene rings is 2. The Morgan fingerprint density at radius 2 is 1.68 bits per heavy atom. The smallest absolute Gasteiger partial charge is 0.339 e. The van der Waals surface area contributed by atoms with Crippen LogP contribution in [0.2, 0.25) is 0 Å². The van der Waals surface area contributed by atoms with Crippen LogP contribution < -0.4 is 5.32 Å². The first kappa shape index (κ1) is 21.5. The summed E-state index contributed by atoms with van der Waals surface area (Å²) < 4.78 is 17.1. The Balaban J connectivity index is 1.96. The zero-order chi connectivity index (χ0) is 20.5. The predicted octanol–water partition coefficient (Wildman–Crippen LogP) is 2.29. The third kappa shape index (κ3) is 6.13. The van der Waals surface area contributed by atoms with Gasteiger partial charge in [0, 0.05) is 5.75 Å². The fourth-order valence-electron chi connectivity index (χ4n) is 2.58. The Kier molecular flexibility index (Phi) is 8.07. The van der Waals surface area contributed by atoms with Crippen LogP contribution in [0.15, 0.2) is 59.5 Å². The Morgan fingerprint density at radius 1 is 1.04 bits per heavy atom. The fraction of sp³-hybridized carbons (Fsp3) is 0.286. The lowest BCUT2D eigenvalue weighted by Gasteiger charge is -2.16. The fourth-order valence-corrected chi connectivity index (χ4v) is 3.52. The van der Waals surface area contributed by atoms with Crippen molar-refractivity contribution in [2.24, 2.45) is 0 Å². The Bertz CT molecular complexity index is 866. The normalized spacial score (nSPS) is 12.6. The summed E-state index contributed by atoms with van der Waals surface area (Å²) in [5.41, 5.74) is 1.08. The van der Waals surface area contributed by atoms with Gasteiger partial charge in [-0.15, -0.1) is 0 Å². The molecular weight excluding hydrogens is 378 g/mol. The van der Waals surface area contributed by atoms with E-state index in [1.54, 1.807) is 25.1 Å². The van der Waals surface area contributed by atoms with Crippen molar-refractivity contribution in [2.75, 3.05) is 12.4 Å². The van der Waals surface area contributed by atoms with Crippen LogP contribution in [0, 0.1) is 0 Å². The van der Waals surface area contributed by atoms with Crippen molar-refractivity contribution in [2.45, 2.75) is 31.2 Å². The number of carbonyl (C=O) groups is 3. The lowest BCUT2D eigenvalue weighted by Crippen LogP contribution is -2.43. The highest BCUT2D eigenvalue weighted by atomic mass is 32.2. The van der Waals surface area contributed by atoms with Gasteiger partial charge in [-0.05, 0) is 31.0 Å². The van der Waals surface area contributed by atoms with Gasteiger partial charge in [0.15, 0.2) is 12.4 Å². The molecule has 2 aromatic rings. The highest BCUT2D eigenvalue weighted by Gasteiger charge is 2.20. The molecule has 0 aliphatic heterocycles. The number of nitrogens with one attached hydrogen (secondary N) is 1. The largest absolute Gasteiger partial charge is 0.452 e. The van der Waals surface area contributed by atoms with Crippen LogP contribution in [0.5, 0.6) is 0 Å². The maximum atomic E-state index is 12.3. The van der Waals surface area contributed by atoms with Crippen LogP contribution in [0.4, 0.5) is 0 Å². The maximum Gasteiger partial charge on any atom is 0.339 e. The average Bonchev–Trinajstić information content (AvgIpc) is 2.71. The molecule has 2 rings (SSSR count). The summed E-state index contributed by atoms with van der Waals surface area (Å²) >= 11 is 0. The molecule has 0 fully saturated rings. The molecule has 148 valence electrons. The van der Waals surface area contributed by atoms with Gasteiger partial charge in [-0.2, -0.15) is 0 Å². The molecule has 0 unspecified atom stereocenters. The molecule has 0 aliphatic rings. The number of ether oxygens (including phenoxy) is 1. The molecule has 0 radical (unpaired) electrons. The van der Waals surface area contributed by atoms with Crippen molar-refractivity contribution in [3.63, 3.8) is 0 Å². The Labute approximate surface area is 166 Å². The van der Waals surface area contributed by atoms with Gasteiger partial charge < -0.3 is 10.1 Å². The summed E-state index contributed by atoms with van der Waals surface area (Å²) in [5.74, 6) is -1.12. The second-order valence-electron chi connectivity index (χ2n) is 6.13. The van der Waals surface area contributed by atoms with Crippen molar-refractivity contribution in [3.05, 3.63) is 65.7 Å². The second-order valence-corrected chi connectivity index (χ2v) is 7.84. The van der Waals surface area contributed by atoms with E-state index in [0.29, 0.717) is 17.1 Å². The van der Waals surface area contributed by atoms with Crippen molar-refractivity contribution >= 4 is 28.5 Å². The predicted molar refractivity (Wildman–Crippen MR) is 106 cm³/mol. The molecule has 1 amide bonds. The number of carbonyl (C=O) groups excluding carboxylic acids is 3. The van der Waals surface area contributed by atoms with Gasteiger partial charge in [0.1, 0.15) is 0 Å². The lowest BCUT2D eigenvalue weighted by atomic mass is 10.0. The van der Waals surface area contributed by atoms with Gasteiger partial charge in [-0.1, -0.05) is 49.4 Å². The summed E-state index contributed by atoms with van der Waals surface area (Å²) in [6, 6.07) is 15.0. The highest BCUT2D eigenvalue weighted by Crippen LogP contribution is 2.15. The number of hydrogen-bond donors (Lipinski definition) is 1. The summed E-state index contributed by atoms with van der Waals surface area (Å²) in [5, 5.41) is 2.59. The van der Waals surface area contributed by atoms with E-state index in [0.717, 1.165) is 5.56 Å². The maximum absolute atomic E-state index is 12.3. The van der Waals surface area contributed by atoms with Gasteiger partial charge in [-0.3, -0.25) is 13.8 Å². The van der Waals surface area contributed by atoms with Gasteiger partial charge in [0.2, 0.25) is 0 Å². The molecular formula is C21H23NO5S. The van der Waals surface area contributed by atoms with E-state index in [1.165, 1.54) is 13.0 Å². The first-order chi connectivity index (χ1) is 13.4. The SMILES string of the molecule is CC[S@@](=O)c1ccccc1C(=O)OCC(=O)N[C@@H](Cc1ccccc1)C(C)=O. The van der Waals surface area contributed by atoms with Crippen molar-refractivity contribution in [1.82, 2.24) is 5.32 Å². The standard InChI is InChI=1S/C21H23NO5S/c1-3-28(26)19-12-8-7-11-17(19)21(25)27-14-20(24)22-18(15(2)23)13-16-9-5-4-6-10-16/h4-12,18H,3,13-14H2,1-2H3,(H,22,24)/t18-,28+/m0/s1. The van der Waals surface area contributed by atoms with E-state index in [9.17, 15) is 18.6 Å². The topological polar surface area (TPSA) is 89.5 Å². The lowest BCUT2D eigenvalue weighted by molar-refractivity contribution is -0.128. The van der Waals surface area contributed by atoms with Crippen molar-refractivity contribution < 1.29 is 23.3 Å². The molecule has 1 N–H and O–H groups in total. The molecule has 6 nitrogen and oxygen atoms in total. The molecule has 0 saturated heterocycles. The number of esters is 1. The minimum absolute atomic E-state index is 0.169. The van der Waals surface area contributed by atoms with E-state index in [-0.39, 0.29) is 11.3 Å². The van der Waals surface area contributed by atoms with E-state index in [2.05, 4.69) is 5.32 Å². The number of amides is 1. The number of rotatable bonds is 9. The molecule has 0 aliphatic carbocycles. The van der Waals surface area contributed by atoms with Crippen LogP contribution in [-0.2, 0) is 31.5 Å². The zero-order valence-corrected chi connectivity index (χ0v) is 16.7. The quantitative estimate of drug-likeness (QED) is 0.651. The summed E-state index contributed by atoms with van der Waals surface area (Å²) in [4.78, 5) is 36.7. The molecule has 0 spiro atoms. The van der Waals surface area contributed by atoms with Gasteiger partial charge in [0.05, 0.1) is 27.3 Å². The molecule has 0 saturated carbocycles. The Hall–Kier alpha value is -2.80. The number of hydrogen-bond acceptors (Lipinski definition) is 5. The minimum atomic E-state index is -1.32. The van der Waals surface area contributed by atoms with Crippen molar-refractivity contribution in [3.8, 4) is 0 Å². The van der Waals surface area contributed by atoms with Crippen LogP contribution >= 0.6 is 0 Å². The average molecular weight is 401 g/mol. The summed E-state index contributed by atoms with van der Waals surface area (Å²) in [7, 11) is -1.32. The highest BCUT2D eigenvalue weighted by molar-refractivity contribution is 7.85. The molecule has 0 heterocycles. The van der Waals surface area contributed by atoms with Crippen molar-refractivity contribution in [1.29, 1.82) is 0 Å². The summed E-state index contributed by atoms with van der Waals surface area (Å²) in [6.07, 6.45) is 0.355. The number of ketones is 1. The van der Waals surface area contributed by atoms with Gasteiger partial charge in [-0.25, -0.2) is 4.79 Å². The van der Waals surface area contributed by atoms with E-state index < -0.39 is 35.3 Å². The molecule has 7 heteroatoms. The minimum Gasteiger partial charge on any atom is -0.452 e. The van der Waals surface area contributed by atoms with Crippen LogP contribution in [0.3, 0.4) is 0 Å². The first-order valence-corrected chi connectivity index (χ1v) is 10.2. The van der Waals surface area contributed by atoms with Gasteiger partial charge >= 0.3 is 5.97 Å². The molecule has 2 aromatic carbocycles. The summed E-state index contributed by atoms with van der Waals surface area (Å²) in [6.45, 7) is 2.63. The molecule has 2 atom stereocenters. The molecule has 0 bridgehead atoms. The monoisotopic (exact) mass is 401 g/mol. The van der Waals surface area contributed by atoms with E-state index in [1.807, 2.05) is 30.3 Å². The molecule has 28 heavy (non-hydrogen) atoms.